The Bertz CT molecular complexity index is 364. The van der Waals surface area contributed by atoms with Gasteiger partial charge < -0.3 is 0 Å². The van der Waals surface area contributed by atoms with Gasteiger partial charge in [-0.25, -0.2) is 0 Å². The summed E-state index contributed by atoms with van der Waals surface area (Å²) < 4.78 is 1.30. The van der Waals surface area contributed by atoms with Crippen LogP contribution in [0.15, 0.2) is 18.2 Å². The van der Waals surface area contributed by atoms with Crippen LogP contribution in [-0.4, -0.2) is 29.5 Å². The number of carbonyl (C=O) groups is 1. The van der Waals surface area contributed by atoms with Gasteiger partial charge >= 0.3 is 88.9 Å². The van der Waals surface area contributed by atoms with Crippen molar-refractivity contribution in [3.63, 3.8) is 0 Å². The van der Waals surface area contributed by atoms with Gasteiger partial charge in [0.25, 0.3) is 0 Å². The number of aromatic carboxylic acids is 1. The predicted molar refractivity (Wildman–Crippen MR) is 61.1 cm³/mol. The first-order valence-corrected chi connectivity index (χ1v) is 14.7. The van der Waals surface area contributed by atoms with Gasteiger partial charge in [-0.1, -0.05) is 0 Å². The molecule has 0 heterocycles. The van der Waals surface area contributed by atoms with Crippen molar-refractivity contribution in [3.8, 4) is 0 Å². The van der Waals surface area contributed by atoms with Crippen molar-refractivity contribution < 1.29 is 9.90 Å². The van der Waals surface area contributed by atoms with Gasteiger partial charge in [-0.15, -0.1) is 0 Å². The first kappa shape index (κ1) is 11.6. The SMILES string of the molecule is Cc1ccc(C(=O)O)c[c]1[Sn]([CH3])([CH3])[CH3]. The van der Waals surface area contributed by atoms with Gasteiger partial charge in [0.15, 0.2) is 0 Å². The topological polar surface area (TPSA) is 37.3 Å². The van der Waals surface area contributed by atoms with Crippen molar-refractivity contribution in [1.29, 1.82) is 0 Å². The molecule has 76 valence electrons. The fourth-order valence-electron chi connectivity index (χ4n) is 1.56. The number of rotatable bonds is 2. The molecule has 0 atom stereocenters. The number of hydrogen-bond acceptors (Lipinski definition) is 1. The Kier molecular flexibility index (Phi) is 3.24. The minimum atomic E-state index is -2.14. The van der Waals surface area contributed by atoms with E-state index in [0.717, 1.165) is 0 Å². The van der Waals surface area contributed by atoms with Crippen molar-refractivity contribution in [2.45, 2.75) is 21.7 Å². The number of aryl methyl sites for hydroxylation is 1. The van der Waals surface area contributed by atoms with Gasteiger partial charge in [0.1, 0.15) is 0 Å². The second kappa shape index (κ2) is 3.93. The molecule has 0 aromatic heterocycles. The Morgan fingerprint density at radius 3 is 2.29 bits per heavy atom. The summed E-state index contributed by atoms with van der Waals surface area (Å²) in [5.41, 5.74) is 1.65. The molecule has 1 aromatic rings. The van der Waals surface area contributed by atoms with Gasteiger partial charge in [-0.2, -0.15) is 0 Å². The Hall–Kier alpha value is -0.511. The molecule has 1 aromatic carbocycles. The predicted octanol–water partition coefficient (Wildman–Crippen LogP) is 2.24. The van der Waals surface area contributed by atoms with Crippen molar-refractivity contribution in [2.75, 3.05) is 0 Å². The maximum atomic E-state index is 10.8. The van der Waals surface area contributed by atoms with Crippen LogP contribution in [0, 0.1) is 6.92 Å². The molecule has 0 fully saturated rings. The van der Waals surface area contributed by atoms with Gasteiger partial charge in [0.05, 0.1) is 0 Å². The molecule has 0 unspecified atom stereocenters. The number of hydrogen-bond donors (Lipinski definition) is 1. The van der Waals surface area contributed by atoms with Crippen LogP contribution in [0.2, 0.25) is 14.8 Å². The minimum absolute atomic E-state index is 0.414. The Labute approximate surface area is 88.8 Å². The van der Waals surface area contributed by atoms with E-state index in [1.54, 1.807) is 6.07 Å². The van der Waals surface area contributed by atoms with Crippen molar-refractivity contribution in [1.82, 2.24) is 0 Å². The van der Waals surface area contributed by atoms with Crippen LogP contribution in [0.3, 0.4) is 0 Å². The molecule has 0 bridgehead atoms. The molecule has 2 nitrogen and oxygen atoms in total. The summed E-state index contributed by atoms with van der Waals surface area (Å²) in [5.74, 6) is -0.832. The zero-order valence-corrected chi connectivity index (χ0v) is 11.9. The molecule has 14 heavy (non-hydrogen) atoms. The molecule has 0 saturated carbocycles. The molecule has 0 aliphatic heterocycles. The van der Waals surface area contributed by atoms with Gasteiger partial charge in [0, 0.05) is 0 Å². The average molecular weight is 299 g/mol. The van der Waals surface area contributed by atoms with Gasteiger partial charge in [-0.05, 0) is 0 Å². The second-order valence-electron chi connectivity index (χ2n) is 4.58. The van der Waals surface area contributed by atoms with E-state index in [2.05, 4.69) is 21.7 Å². The van der Waals surface area contributed by atoms with Crippen LogP contribution in [0.4, 0.5) is 0 Å². The Balaban J connectivity index is 3.29. The molecular weight excluding hydrogens is 283 g/mol. The summed E-state index contributed by atoms with van der Waals surface area (Å²) in [6, 6.07) is 5.45. The van der Waals surface area contributed by atoms with Crippen LogP contribution in [-0.2, 0) is 0 Å². The molecule has 1 N–H and O–H groups in total. The molecule has 0 radical (unpaired) electrons. The zero-order valence-electron chi connectivity index (χ0n) is 9.09. The second-order valence-corrected chi connectivity index (χ2v) is 19.0. The number of benzene rings is 1. The molecule has 0 saturated heterocycles. The summed E-state index contributed by atoms with van der Waals surface area (Å²) in [4.78, 5) is 17.7. The van der Waals surface area contributed by atoms with E-state index in [-0.39, 0.29) is 0 Å². The van der Waals surface area contributed by atoms with E-state index in [1.165, 1.54) is 9.14 Å². The quantitative estimate of drug-likeness (QED) is 0.850. The molecular formula is C11H16O2Sn. The standard InChI is InChI=1S/C8H7O2.3CH3.Sn/c1-6-2-4-7(5-3-6)8(9)10;;;;/h2,4-5H,1H3,(H,9,10);3*1H3;. The molecule has 1 rings (SSSR count). The van der Waals surface area contributed by atoms with Crippen molar-refractivity contribution >= 4 is 27.9 Å². The third-order valence-corrected chi connectivity index (χ3v) is 8.44. The molecule has 0 aliphatic rings. The van der Waals surface area contributed by atoms with E-state index in [1.807, 2.05) is 12.1 Å². The third kappa shape index (κ3) is 2.50. The van der Waals surface area contributed by atoms with Crippen molar-refractivity contribution in [3.05, 3.63) is 29.3 Å². The van der Waals surface area contributed by atoms with Crippen molar-refractivity contribution in [2.24, 2.45) is 0 Å². The fraction of sp³-hybridized carbons (Fsp3) is 0.364. The summed E-state index contributed by atoms with van der Waals surface area (Å²) in [6.45, 7) is 2.06. The van der Waals surface area contributed by atoms with E-state index in [4.69, 9.17) is 5.11 Å². The van der Waals surface area contributed by atoms with Gasteiger partial charge in [0.2, 0.25) is 0 Å². The molecule has 0 spiro atoms. The first-order valence-electron chi connectivity index (χ1n) is 4.67. The third-order valence-electron chi connectivity index (χ3n) is 2.29. The summed E-state index contributed by atoms with van der Waals surface area (Å²) in [6.07, 6.45) is 0. The molecule has 0 amide bonds. The Morgan fingerprint density at radius 1 is 1.29 bits per heavy atom. The maximum absolute atomic E-state index is 10.8. The number of carboxylic acids is 1. The van der Waals surface area contributed by atoms with Gasteiger partial charge in [-0.3, -0.25) is 0 Å². The monoisotopic (exact) mass is 300 g/mol. The van der Waals surface area contributed by atoms with Crippen LogP contribution >= 0.6 is 0 Å². The van der Waals surface area contributed by atoms with Crippen LogP contribution < -0.4 is 3.58 Å². The summed E-state index contributed by atoms with van der Waals surface area (Å²) >= 11 is -2.14. The van der Waals surface area contributed by atoms with Crippen LogP contribution in [0.25, 0.3) is 0 Å². The normalized spacial score (nSPS) is 11.4. The van der Waals surface area contributed by atoms with Crippen LogP contribution in [0.1, 0.15) is 15.9 Å². The first-order chi connectivity index (χ1) is 6.32. The number of carboxylic acid groups (broad SMARTS) is 1. The Morgan fingerprint density at radius 2 is 1.86 bits per heavy atom. The average Bonchev–Trinajstić information content (AvgIpc) is 2.02. The molecule has 0 aliphatic carbocycles. The summed E-state index contributed by atoms with van der Waals surface area (Å²) in [7, 11) is 0. The van der Waals surface area contributed by atoms with E-state index in [0.29, 0.717) is 5.56 Å². The van der Waals surface area contributed by atoms with E-state index < -0.39 is 24.3 Å². The fourth-order valence-corrected chi connectivity index (χ4v) is 6.86. The summed E-state index contributed by atoms with van der Waals surface area (Å²) in [5, 5.41) is 8.89. The van der Waals surface area contributed by atoms with Crippen LogP contribution in [0.5, 0.6) is 0 Å². The van der Waals surface area contributed by atoms with E-state index >= 15 is 0 Å². The van der Waals surface area contributed by atoms with E-state index in [9.17, 15) is 4.79 Å². The molecule has 3 heteroatoms. The zero-order chi connectivity index (χ0) is 10.9.